The Morgan fingerprint density at radius 2 is 1.96 bits per heavy atom. The molecule has 1 N–H and O–H groups in total. The normalized spacial score (nSPS) is 10.5. The van der Waals surface area contributed by atoms with Crippen molar-refractivity contribution in [3.63, 3.8) is 0 Å². The largest absolute Gasteiger partial charge is 0.497 e. The highest BCUT2D eigenvalue weighted by Gasteiger charge is 2.10. The summed E-state index contributed by atoms with van der Waals surface area (Å²) in [5, 5.41) is 11.5. The molecule has 7 heteroatoms. The Kier molecular flexibility index (Phi) is 6.25. The van der Waals surface area contributed by atoms with Crippen LogP contribution in [0.25, 0.3) is 0 Å². The van der Waals surface area contributed by atoms with Crippen molar-refractivity contribution >= 4 is 34.1 Å². The molecule has 2 aromatic carbocycles. The third-order valence-corrected chi connectivity index (χ3v) is 5.68. The van der Waals surface area contributed by atoms with Gasteiger partial charge in [0.05, 0.1) is 13.5 Å². The van der Waals surface area contributed by atoms with Gasteiger partial charge in [-0.25, -0.2) is 0 Å². The van der Waals surface area contributed by atoms with Gasteiger partial charge in [0.15, 0.2) is 4.34 Å². The first-order valence-corrected chi connectivity index (χ1v) is 9.87. The monoisotopic (exact) mass is 385 g/mol. The first-order chi connectivity index (χ1) is 12.6. The smallest absolute Gasteiger partial charge is 0.230 e. The van der Waals surface area contributed by atoms with Gasteiger partial charge in [-0.05, 0) is 30.2 Å². The Morgan fingerprint density at radius 1 is 1.15 bits per heavy atom. The zero-order chi connectivity index (χ0) is 18.4. The molecular formula is C19H19N3O2S2. The van der Waals surface area contributed by atoms with Crippen molar-refractivity contribution < 1.29 is 9.53 Å². The minimum Gasteiger partial charge on any atom is -0.497 e. The number of hydrogen-bond donors (Lipinski definition) is 1. The fourth-order valence-corrected chi connectivity index (χ4v) is 4.00. The first kappa shape index (κ1) is 18.4. The Bertz CT molecular complexity index is 879. The summed E-state index contributed by atoms with van der Waals surface area (Å²) in [5.41, 5.74) is 3.37. The van der Waals surface area contributed by atoms with Crippen molar-refractivity contribution in [2.75, 3.05) is 12.4 Å². The second-order valence-corrected chi connectivity index (χ2v) is 7.92. The number of amides is 1. The number of carbonyl (C=O) groups is 1. The summed E-state index contributed by atoms with van der Waals surface area (Å²) in [4.78, 5) is 12.2. The van der Waals surface area contributed by atoms with Crippen molar-refractivity contribution in [3.05, 3.63) is 65.2 Å². The van der Waals surface area contributed by atoms with E-state index in [2.05, 4.69) is 46.7 Å². The number of hydrogen-bond acceptors (Lipinski definition) is 6. The third-order valence-electron chi connectivity index (χ3n) is 3.63. The van der Waals surface area contributed by atoms with Gasteiger partial charge in [0, 0.05) is 5.75 Å². The van der Waals surface area contributed by atoms with Gasteiger partial charge >= 0.3 is 0 Å². The summed E-state index contributed by atoms with van der Waals surface area (Å²) in [6.45, 7) is 2.07. The molecule has 134 valence electrons. The predicted molar refractivity (Wildman–Crippen MR) is 106 cm³/mol. The highest BCUT2D eigenvalue weighted by Crippen LogP contribution is 2.28. The van der Waals surface area contributed by atoms with Crippen LogP contribution in [0.5, 0.6) is 5.75 Å². The second-order valence-electron chi connectivity index (χ2n) is 5.72. The SMILES string of the molecule is COc1cccc(CC(=O)Nc2nnc(SCc3ccc(C)cc3)s2)c1. The van der Waals surface area contributed by atoms with E-state index in [0.29, 0.717) is 5.13 Å². The summed E-state index contributed by atoms with van der Waals surface area (Å²) in [6.07, 6.45) is 0.266. The molecule has 1 aromatic heterocycles. The van der Waals surface area contributed by atoms with Gasteiger partial charge in [-0.15, -0.1) is 10.2 Å². The molecule has 1 amide bonds. The predicted octanol–water partition coefficient (Wildman–Crippen LogP) is 4.33. The Hall–Kier alpha value is -2.38. The zero-order valence-corrected chi connectivity index (χ0v) is 16.2. The van der Waals surface area contributed by atoms with E-state index in [1.165, 1.54) is 22.5 Å². The number of thioether (sulfide) groups is 1. The van der Waals surface area contributed by atoms with Gasteiger partial charge < -0.3 is 10.1 Å². The lowest BCUT2D eigenvalue weighted by molar-refractivity contribution is -0.115. The summed E-state index contributed by atoms with van der Waals surface area (Å²) >= 11 is 3.00. The molecule has 0 atom stereocenters. The van der Waals surface area contributed by atoms with Crippen molar-refractivity contribution in [1.82, 2.24) is 10.2 Å². The number of ether oxygens (including phenoxy) is 1. The lowest BCUT2D eigenvalue weighted by Crippen LogP contribution is -2.14. The van der Waals surface area contributed by atoms with Crippen LogP contribution in [0.4, 0.5) is 5.13 Å². The molecule has 0 radical (unpaired) electrons. The first-order valence-electron chi connectivity index (χ1n) is 8.07. The van der Waals surface area contributed by atoms with Gasteiger partial charge in [0.25, 0.3) is 0 Å². The summed E-state index contributed by atoms with van der Waals surface area (Å²) in [5.74, 6) is 1.44. The maximum Gasteiger partial charge on any atom is 0.230 e. The van der Waals surface area contributed by atoms with Crippen molar-refractivity contribution in [3.8, 4) is 5.75 Å². The number of nitrogens with one attached hydrogen (secondary N) is 1. The molecule has 0 saturated carbocycles. The van der Waals surface area contributed by atoms with Crippen molar-refractivity contribution in [2.45, 2.75) is 23.4 Å². The van der Waals surface area contributed by atoms with Crippen LogP contribution in [-0.2, 0) is 17.0 Å². The van der Waals surface area contributed by atoms with Crippen LogP contribution in [0.2, 0.25) is 0 Å². The van der Waals surface area contributed by atoms with Crippen LogP contribution < -0.4 is 10.1 Å². The summed E-state index contributed by atoms with van der Waals surface area (Å²) in [7, 11) is 1.61. The van der Waals surface area contributed by atoms with E-state index in [1.54, 1.807) is 18.9 Å². The van der Waals surface area contributed by atoms with Gasteiger partial charge in [-0.2, -0.15) is 0 Å². The number of nitrogens with zero attached hydrogens (tertiary/aromatic N) is 2. The Balaban J connectivity index is 1.52. The van der Waals surface area contributed by atoms with E-state index < -0.39 is 0 Å². The van der Waals surface area contributed by atoms with Gasteiger partial charge in [-0.1, -0.05) is 65.1 Å². The second kappa shape index (κ2) is 8.82. The number of anilines is 1. The molecule has 0 aliphatic carbocycles. The van der Waals surface area contributed by atoms with E-state index >= 15 is 0 Å². The highest BCUT2D eigenvalue weighted by atomic mass is 32.2. The summed E-state index contributed by atoms with van der Waals surface area (Å²) in [6, 6.07) is 15.9. The highest BCUT2D eigenvalue weighted by molar-refractivity contribution is 8.00. The molecule has 0 saturated heterocycles. The molecule has 0 spiro atoms. The average Bonchev–Trinajstić information content (AvgIpc) is 3.08. The molecule has 0 fully saturated rings. The molecule has 3 rings (SSSR count). The van der Waals surface area contributed by atoms with Crippen LogP contribution in [0.15, 0.2) is 52.9 Å². The number of benzene rings is 2. The Labute approximate surface area is 160 Å². The van der Waals surface area contributed by atoms with Crippen LogP contribution in [-0.4, -0.2) is 23.2 Å². The van der Waals surface area contributed by atoms with E-state index in [-0.39, 0.29) is 12.3 Å². The van der Waals surface area contributed by atoms with E-state index in [1.807, 2.05) is 24.3 Å². The van der Waals surface area contributed by atoms with Gasteiger partial charge in [0.2, 0.25) is 11.0 Å². The van der Waals surface area contributed by atoms with Crippen LogP contribution in [0.1, 0.15) is 16.7 Å². The molecular weight excluding hydrogens is 366 g/mol. The molecule has 0 aliphatic rings. The fourth-order valence-electron chi connectivity index (χ4n) is 2.28. The van der Waals surface area contributed by atoms with E-state index in [0.717, 1.165) is 21.4 Å². The summed E-state index contributed by atoms with van der Waals surface area (Å²) < 4.78 is 6.01. The van der Waals surface area contributed by atoms with Crippen molar-refractivity contribution in [1.29, 1.82) is 0 Å². The standard InChI is InChI=1S/C19H19N3O2S2/c1-13-6-8-14(9-7-13)12-25-19-22-21-18(26-19)20-17(23)11-15-4-3-5-16(10-15)24-2/h3-10H,11-12H2,1-2H3,(H,20,21,23). The average molecular weight is 386 g/mol. The topological polar surface area (TPSA) is 64.1 Å². The minimum absolute atomic E-state index is 0.121. The maximum atomic E-state index is 12.2. The third kappa shape index (κ3) is 5.31. The number of rotatable bonds is 7. The fraction of sp³-hybridized carbons (Fsp3) is 0.211. The molecule has 0 unspecified atom stereocenters. The molecule has 5 nitrogen and oxygen atoms in total. The quantitative estimate of drug-likeness (QED) is 0.484. The van der Waals surface area contributed by atoms with Crippen molar-refractivity contribution in [2.24, 2.45) is 0 Å². The number of aromatic nitrogens is 2. The van der Waals surface area contributed by atoms with E-state index in [9.17, 15) is 4.79 Å². The number of carbonyl (C=O) groups excluding carboxylic acids is 1. The molecule has 3 aromatic rings. The Morgan fingerprint density at radius 3 is 2.73 bits per heavy atom. The lowest BCUT2D eigenvalue weighted by Gasteiger charge is -2.04. The van der Waals surface area contributed by atoms with Crippen LogP contribution >= 0.6 is 23.1 Å². The molecule has 0 bridgehead atoms. The van der Waals surface area contributed by atoms with Crippen LogP contribution in [0.3, 0.4) is 0 Å². The van der Waals surface area contributed by atoms with Gasteiger partial charge in [0.1, 0.15) is 5.75 Å². The number of aryl methyl sites for hydroxylation is 1. The van der Waals surface area contributed by atoms with Crippen LogP contribution in [0, 0.1) is 6.92 Å². The molecule has 1 heterocycles. The lowest BCUT2D eigenvalue weighted by atomic mass is 10.1. The maximum absolute atomic E-state index is 12.2. The van der Waals surface area contributed by atoms with Gasteiger partial charge in [-0.3, -0.25) is 4.79 Å². The molecule has 0 aliphatic heterocycles. The molecule has 26 heavy (non-hydrogen) atoms. The number of methoxy groups -OCH3 is 1. The van der Waals surface area contributed by atoms with E-state index in [4.69, 9.17) is 4.74 Å². The zero-order valence-electron chi connectivity index (χ0n) is 14.6. The minimum atomic E-state index is -0.121.